The Kier molecular flexibility index (Phi) is 4.01. The summed E-state index contributed by atoms with van der Waals surface area (Å²) in [6.45, 7) is 6.13. The van der Waals surface area contributed by atoms with Crippen LogP contribution in [-0.4, -0.2) is 34.1 Å². The van der Waals surface area contributed by atoms with Gasteiger partial charge in [-0.05, 0) is 25.7 Å². The van der Waals surface area contributed by atoms with Crippen LogP contribution in [-0.2, 0) is 6.54 Å². The largest absolute Gasteiger partial charge is 0.391 e. The fourth-order valence-corrected chi connectivity index (χ4v) is 2.25. The van der Waals surface area contributed by atoms with Gasteiger partial charge in [0.25, 0.3) is 5.56 Å². The highest BCUT2D eigenvalue weighted by atomic mass is 16.3. The Balaban J connectivity index is 2.11. The van der Waals surface area contributed by atoms with E-state index in [-0.39, 0.29) is 12.1 Å². The Bertz CT molecular complexity index is 448. The van der Waals surface area contributed by atoms with Crippen molar-refractivity contribution in [2.24, 2.45) is 5.92 Å². The van der Waals surface area contributed by atoms with E-state index in [0.29, 0.717) is 0 Å². The quantitative estimate of drug-likeness (QED) is 0.865. The molecule has 0 unspecified atom stereocenters. The van der Waals surface area contributed by atoms with Crippen LogP contribution in [0.4, 0.5) is 5.69 Å². The fourth-order valence-electron chi connectivity index (χ4n) is 2.25. The van der Waals surface area contributed by atoms with Crippen molar-refractivity contribution in [3.8, 4) is 0 Å². The standard InChI is InChI=1S/C13H21N3O2/c1-10-3-5-15(6-4-10)12-7-13(18)16(14-8-12)9-11(2)17/h7-8,10-11,17H,3-6,9H2,1-2H3/t11-/m1/s1. The molecule has 2 heterocycles. The van der Waals surface area contributed by atoms with Gasteiger partial charge in [0.2, 0.25) is 0 Å². The van der Waals surface area contributed by atoms with E-state index >= 15 is 0 Å². The highest BCUT2D eigenvalue weighted by molar-refractivity contribution is 5.43. The van der Waals surface area contributed by atoms with Crippen molar-refractivity contribution in [1.82, 2.24) is 9.78 Å². The molecule has 1 aliphatic rings. The molecule has 0 aromatic carbocycles. The van der Waals surface area contributed by atoms with Gasteiger partial charge < -0.3 is 10.0 Å². The molecule has 0 aliphatic carbocycles. The molecule has 0 amide bonds. The number of anilines is 1. The number of hydrogen-bond acceptors (Lipinski definition) is 4. The van der Waals surface area contributed by atoms with E-state index in [2.05, 4.69) is 16.9 Å². The van der Waals surface area contributed by atoms with Crippen LogP contribution in [0.5, 0.6) is 0 Å². The first-order valence-corrected chi connectivity index (χ1v) is 6.56. The Labute approximate surface area is 107 Å². The third kappa shape index (κ3) is 3.10. The molecule has 0 bridgehead atoms. The Morgan fingerprint density at radius 1 is 1.50 bits per heavy atom. The maximum atomic E-state index is 11.8. The van der Waals surface area contributed by atoms with Gasteiger partial charge in [0, 0.05) is 19.2 Å². The first-order valence-electron chi connectivity index (χ1n) is 6.56. The average Bonchev–Trinajstić information content (AvgIpc) is 2.32. The van der Waals surface area contributed by atoms with E-state index in [0.717, 1.165) is 37.5 Å². The number of aliphatic hydroxyl groups excluding tert-OH is 1. The SMILES string of the molecule is CC1CCN(c2cnn(C[C@@H](C)O)c(=O)c2)CC1. The highest BCUT2D eigenvalue weighted by Gasteiger charge is 2.17. The average molecular weight is 251 g/mol. The van der Waals surface area contributed by atoms with E-state index < -0.39 is 6.10 Å². The molecule has 1 N–H and O–H groups in total. The molecule has 1 aromatic rings. The van der Waals surface area contributed by atoms with Crippen molar-refractivity contribution in [1.29, 1.82) is 0 Å². The number of aliphatic hydroxyl groups is 1. The molecule has 1 saturated heterocycles. The van der Waals surface area contributed by atoms with Crippen LogP contribution in [0.25, 0.3) is 0 Å². The normalized spacial score (nSPS) is 18.9. The molecule has 5 nitrogen and oxygen atoms in total. The molecule has 1 atom stereocenters. The number of nitrogens with zero attached hydrogens (tertiary/aromatic N) is 3. The van der Waals surface area contributed by atoms with E-state index in [4.69, 9.17) is 0 Å². The third-order valence-corrected chi connectivity index (χ3v) is 3.44. The van der Waals surface area contributed by atoms with Crippen LogP contribution >= 0.6 is 0 Å². The summed E-state index contributed by atoms with van der Waals surface area (Å²) in [7, 11) is 0. The van der Waals surface area contributed by atoms with Crippen LogP contribution in [0.3, 0.4) is 0 Å². The molecule has 100 valence electrons. The van der Waals surface area contributed by atoms with Crippen LogP contribution in [0.1, 0.15) is 26.7 Å². The molecule has 5 heteroatoms. The van der Waals surface area contributed by atoms with Crippen molar-refractivity contribution in [2.45, 2.75) is 39.3 Å². The predicted molar refractivity (Wildman–Crippen MR) is 70.8 cm³/mol. The van der Waals surface area contributed by atoms with Crippen LogP contribution in [0, 0.1) is 5.92 Å². The summed E-state index contributed by atoms with van der Waals surface area (Å²) in [6, 6.07) is 1.62. The summed E-state index contributed by atoms with van der Waals surface area (Å²) in [5.41, 5.74) is 0.751. The molecular weight excluding hydrogens is 230 g/mol. The van der Waals surface area contributed by atoms with Crippen LogP contribution in [0.15, 0.2) is 17.1 Å². The lowest BCUT2D eigenvalue weighted by Gasteiger charge is -2.31. The number of aromatic nitrogens is 2. The molecule has 1 fully saturated rings. The lowest BCUT2D eigenvalue weighted by molar-refractivity contribution is 0.166. The minimum Gasteiger partial charge on any atom is -0.391 e. The van der Waals surface area contributed by atoms with Gasteiger partial charge in [-0.1, -0.05) is 6.92 Å². The Morgan fingerprint density at radius 3 is 2.72 bits per heavy atom. The van der Waals surface area contributed by atoms with Gasteiger partial charge in [0.05, 0.1) is 24.5 Å². The van der Waals surface area contributed by atoms with Gasteiger partial charge in [-0.15, -0.1) is 0 Å². The highest BCUT2D eigenvalue weighted by Crippen LogP contribution is 2.20. The molecule has 0 saturated carbocycles. The van der Waals surface area contributed by atoms with Gasteiger partial charge >= 0.3 is 0 Å². The van der Waals surface area contributed by atoms with Crippen molar-refractivity contribution >= 4 is 5.69 Å². The van der Waals surface area contributed by atoms with E-state index in [1.54, 1.807) is 19.2 Å². The molecule has 1 aromatic heterocycles. The molecule has 0 radical (unpaired) electrons. The van der Waals surface area contributed by atoms with E-state index in [9.17, 15) is 9.90 Å². The summed E-state index contributed by atoms with van der Waals surface area (Å²) >= 11 is 0. The van der Waals surface area contributed by atoms with Gasteiger partial charge in [0.15, 0.2) is 0 Å². The van der Waals surface area contributed by atoms with Crippen molar-refractivity contribution in [2.75, 3.05) is 18.0 Å². The second-order valence-corrected chi connectivity index (χ2v) is 5.25. The topological polar surface area (TPSA) is 58.4 Å². The monoisotopic (exact) mass is 251 g/mol. The van der Waals surface area contributed by atoms with Gasteiger partial charge in [-0.2, -0.15) is 5.10 Å². The maximum absolute atomic E-state index is 11.8. The molecular formula is C13H21N3O2. The summed E-state index contributed by atoms with van der Waals surface area (Å²) in [6.07, 6.45) is 3.49. The lowest BCUT2D eigenvalue weighted by atomic mass is 9.99. The first-order chi connectivity index (χ1) is 8.56. The zero-order valence-electron chi connectivity index (χ0n) is 11.0. The maximum Gasteiger partial charge on any atom is 0.268 e. The van der Waals surface area contributed by atoms with Gasteiger partial charge in [0.1, 0.15) is 0 Å². The van der Waals surface area contributed by atoms with E-state index in [1.165, 1.54) is 4.68 Å². The first kappa shape index (κ1) is 13.1. The smallest absolute Gasteiger partial charge is 0.268 e. The van der Waals surface area contributed by atoms with E-state index in [1.807, 2.05) is 0 Å². The number of rotatable bonds is 3. The summed E-state index contributed by atoms with van der Waals surface area (Å²) in [4.78, 5) is 14.1. The van der Waals surface area contributed by atoms with Crippen molar-refractivity contribution in [3.05, 3.63) is 22.6 Å². The Morgan fingerprint density at radius 2 is 2.17 bits per heavy atom. The fraction of sp³-hybridized carbons (Fsp3) is 0.692. The van der Waals surface area contributed by atoms with Crippen molar-refractivity contribution in [3.63, 3.8) is 0 Å². The second kappa shape index (κ2) is 5.52. The van der Waals surface area contributed by atoms with Crippen LogP contribution in [0.2, 0.25) is 0 Å². The van der Waals surface area contributed by atoms with Gasteiger partial charge in [-0.3, -0.25) is 4.79 Å². The molecule has 1 aliphatic heterocycles. The molecule has 2 rings (SSSR count). The predicted octanol–water partition coefficient (Wildman–Crippen LogP) is 0.860. The van der Waals surface area contributed by atoms with Gasteiger partial charge in [-0.25, -0.2) is 4.68 Å². The summed E-state index contributed by atoms with van der Waals surface area (Å²) < 4.78 is 1.31. The van der Waals surface area contributed by atoms with Crippen LogP contribution < -0.4 is 10.5 Å². The molecule has 0 spiro atoms. The second-order valence-electron chi connectivity index (χ2n) is 5.25. The Hall–Kier alpha value is -1.36. The third-order valence-electron chi connectivity index (χ3n) is 3.44. The molecule has 18 heavy (non-hydrogen) atoms. The zero-order valence-corrected chi connectivity index (χ0v) is 11.0. The minimum absolute atomic E-state index is 0.146. The summed E-state index contributed by atoms with van der Waals surface area (Å²) in [5, 5.41) is 13.4. The lowest BCUT2D eigenvalue weighted by Crippen LogP contribution is -2.35. The van der Waals surface area contributed by atoms with Crippen molar-refractivity contribution < 1.29 is 5.11 Å². The number of hydrogen-bond donors (Lipinski definition) is 1. The summed E-state index contributed by atoms with van der Waals surface area (Å²) in [5.74, 6) is 0.768. The zero-order chi connectivity index (χ0) is 13.1. The number of piperidine rings is 1. The minimum atomic E-state index is -0.558.